The van der Waals surface area contributed by atoms with Gasteiger partial charge in [0, 0.05) is 12.8 Å². The molecule has 0 spiro atoms. The van der Waals surface area contributed by atoms with Crippen molar-refractivity contribution >= 4 is 19.8 Å². The van der Waals surface area contributed by atoms with E-state index in [-0.39, 0.29) is 32.0 Å². The molecule has 0 N–H and O–H groups in total. The number of hydrogen-bond donors (Lipinski definition) is 0. The lowest BCUT2D eigenvalue weighted by Crippen LogP contribution is -2.37. The average Bonchev–Trinajstić information content (AvgIpc) is 3.20. The minimum atomic E-state index is -4.63. The van der Waals surface area contributed by atoms with Crippen molar-refractivity contribution in [1.29, 1.82) is 0 Å². The molecule has 0 radical (unpaired) electrons. The van der Waals surface area contributed by atoms with E-state index in [4.69, 9.17) is 18.5 Å². The Bertz CT molecular complexity index is 1070. The highest BCUT2D eigenvalue weighted by molar-refractivity contribution is 7.45. The zero-order valence-corrected chi connectivity index (χ0v) is 40.8. The first-order valence-corrected chi connectivity index (χ1v) is 26.5. The number of unbranched alkanes of at least 4 members (excludes halogenated alkanes) is 28. The van der Waals surface area contributed by atoms with E-state index in [2.05, 4.69) is 38.2 Å². The number of carbonyl (C=O) groups excluding carboxylic acids is 2. The molecule has 0 saturated carbocycles. The Labute approximate surface area is 370 Å². The van der Waals surface area contributed by atoms with Gasteiger partial charge in [-0.15, -0.1) is 0 Å². The van der Waals surface area contributed by atoms with E-state index in [0.29, 0.717) is 17.4 Å². The van der Waals surface area contributed by atoms with Crippen LogP contribution in [0.15, 0.2) is 24.3 Å². The van der Waals surface area contributed by atoms with Crippen molar-refractivity contribution in [2.75, 3.05) is 47.5 Å². The van der Waals surface area contributed by atoms with Crippen molar-refractivity contribution in [2.45, 2.75) is 238 Å². The van der Waals surface area contributed by atoms with Gasteiger partial charge in [0.05, 0.1) is 27.7 Å². The number of esters is 2. The highest BCUT2D eigenvalue weighted by Gasteiger charge is 2.21. The molecule has 0 aromatic heterocycles. The topological polar surface area (TPSA) is 111 Å². The molecule has 0 aliphatic heterocycles. The molecule has 1 unspecified atom stereocenters. The Morgan fingerprint density at radius 3 is 1.28 bits per heavy atom. The van der Waals surface area contributed by atoms with Crippen LogP contribution in [0.3, 0.4) is 0 Å². The summed E-state index contributed by atoms with van der Waals surface area (Å²) < 4.78 is 34.0. The Balaban J connectivity index is 4.23. The second kappa shape index (κ2) is 42.8. The summed E-state index contributed by atoms with van der Waals surface area (Å²) in [6, 6.07) is 0. The molecule has 0 amide bonds. The molecular weight excluding hydrogens is 774 g/mol. The molecule has 0 aromatic carbocycles. The van der Waals surface area contributed by atoms with Gasteiger partial charge in [-0.2, -0.15) is 0 Å². The molecule has 2 atom stereocenters. The molecule has 354 valence electrons. The van der Waals surface area contributed by atoms with Crippen LogP contribution in [0, 0.1) is 0 Å². The van der Waals surface area contributed by atoms with Gasteiger partial charge >= 0.3 is 11.9 Å². The van der Waals surface area contributed by atoms with Crippen LogP contribution in [-0.2, 0) is 32.7 Å². The molecule has 0 bridgehead atoms. The van der Waals surface area contributed by atoms with Gasteiger partial charge in [-0.3, -0.25) is 14.2 Å². The first-order valence-electron chi connectivity index (χ1n) is 25.0. The first-order chi connectivity index (χ1) is 29.0. The molecule has 10 heteroatoms. The van der Waals surface area contributed by atoms with Crippen LogP contribution < -0.4 is 4.89 Å². The number of phosphoric ester groups is 1. The monoisotopic (exact) mass is 870 g/mol. The number of ether oxygens (including phenoxy) is 2. The fourth-order valence-corrected chi connectivity index (χ4v) is 7.71. The lowest BCUT2D eigenvalue weighted by atomic mass is 10.0. The summed E-state index contributed by atoms with van der Waals surface area (Å²) in [5, 5.41) is 0. The van der Waals surface area contributed by atoms with Crippen LogP contribution in [0.2, 0.25) is 0 Å². The summed E-state index contributed by atoms with van der Waals surface area (Å²) in [7, 11) is 1.17. The minimum absolute atomic E-state index is 0.0295. The molecule has 0 heterocycles. The van der Waals surface area contributed by atoms with Gasteiger partial charge in [-0.1, -0.05) is 186 Å². The molecule has 60 heavy (non-hydrogen) atoms. The van der Waals surface area contributed by atoms with Crippen LogP contribution in [0.1, 0.15) is 232 Å². The Kier molecular flexibility index (Phi) is 41.7. The normalized spacial score (nSPS) is 13.6. The molecule has 0 aliphatic rings. The van der Waals surface area contributed by atoms with Gasteiger partial charge in [-0.05, 0) is 57.8 Å². The van der Waals surface area contributed by atoms with Gasteiger partial charge in [-0.25, -0.2) is 0 Å². The summed E-state index contributed by atoms with van der Waals surface area (Å²) in [6.07, 6.45) is 47.7. The lowest BCUT2D eigenvalue weighted by Gasteiger charge is -2.28. The number of quaternary nitrogens is 1. The zero-order valence-electron chi connectivity index (χ0n) is 39.9. The van der Waals surface area contributed by atoms with Crippen LogP contribution in [0.25, 0.3) is 0 Å². The van der Waals surface area contributed by atoms with Crippen molar-refractivity contribution in [2.24, 2.45) is 0 Å². The largest absolute Gasteiger partial charge is 0.756 e. The van der Waals surface area contributed by atoms with Crippen molar-refractivity contribution in [3.63, 3.8) is 0 Å². The van der Waals surface area contributed by atoms with E-state index in [9.17, 15) is 19.0 Å². The van der Waals surface area contributed by atoms with Crippen LogP contribution in [-0.4, -0.2) is 70.0 Å². The second-order valence-electron chi connectivity index (χ2n) is 18.2. The lowest BCUT2D eigenvalue weighted by molar-refractivity contribution is -0.870. The summed E-state index contributed by atoms with van der Waals surface area (Å²) in [5.74, 6) is -0.829. The van der Waals surface area contributed by atoms with Crippen molar-refractivity contribution in [1.82, 2.24) is 0 Å². The highest BCUT2D eigenvalue weighted by Crippen LogP contribution is 2.38. The van der Waals surface area contributed by atoms with Crippen molar-refractivity contribution < 1.29 is 42.1 Å². The van der Waals surface area contributed by atoms with Gasteiger partial charge in [0.1, 0.15) is 19.8 Å². The fraction of sp³-hybridized carbons (Fsp3) is 0.880. The van der Waals surface area contributed by atoms with Crippen LogP contribution >= 0.6 is 7.82 Å². The van der Waals surface area contributed by atoms with E-state index < -0.39 is 26.5 Å². The molecule has 0 saturated heterocycles. The highest BCUT2D eigenvalue weighted by atomic mass is 31.2. The van der Waals surface area contributed by atoms with E-state index in [1.807, 2.05) is 21.1 Å². The predicted octanol–water partition coefficient (Wildman–Crippen LogP) is 14.1. The number of rotatable bonds is 46. The smallest absolute Gasteiger partial charge is 0.306 e. The third-order valence-electron chi connectivity index (χ3n) is 10.9. The second-order valence-corrected chi connectivity index (χ2v) is 19.6. The third-order valence-corrected chi connectivity index (χ3v) is 11.9. The quantitative estimate of drug-likeness (QED) is 0.0195. The summed E-state index contributed by atoms with van der Waals surface area (Å²) in [6.45, 7) is 4.22. The van der Waals surface area contributed by atoms with Crippen molar-refractivity contribution in [3.8, 4) is 0 Å². The van der Waals surface area contributed by atoms with E-state index >= 15 is 0 Å². The van der Waals surface area contributed by atoms with Gasteiger partial charge in [0.2, 0.25) is 0 Å². The van der Waals surface area contributed by atoms with E-state index in [0.717, 1.165) is 38.5 Å². The summed E-state index contributed by atoms with van der Waals surface area (Å²) >= 11 is 0. The SMILES string of the molecule is CCCC/C=C/CCCCCCCCCCCC(=O)OC[C@H](COP(=O)([O-])OCC[N+](C)(C)C)OC(=O)CCCCCCCCCCCCC/C=C/CCCCCCCC. The molecular formula is C50H96NO8P. The number of allylic oxidation sites excluding steroid dienone is 4. The maximum Gasteiger partial charge on any atom is 0.306 e. The van der Waals surface area contributed by atoms with Crippen LogP contribution in [0.4, 0.5) is 0 Å². The maximum absolute atomic E-state index is 12.7. The molecule has 0 aliphatic carbocycles. The number of hydrogen-bond acceptors (Lipinski definition) is 8. The zero-order chi connectivity index (χ0) is 44.3. The Morgan fingerprint density at radius 1 is 0.500 bits per heavy atom. The number of phosphoric acid groups is 1. The van der Waals surface area contributed by atoms with E-state index in [1.54, 1.807) is 0 Å². The average molecular weight is 870 g/mol. The van der Waals surface area contributed by atoms with E-state index in [1.165, 1.54) is 161 Å². The van der Waals surface area contributed by atoms with Crippen LogP contribution in [0.5, 0.6) is 0 Å². The first kappa shape index (κ1) is 58.5. The molecule has 0 rings (SSSR count). The standard InChI is InChI=1S/C50H96NO8P/c1-6-8-10-12-14-16-18-20-22-23-24-25-26-27-29-31-33-35-37-39-41-43-50(53)59-48(47-58-60(54,55)57-45-44-51(3,4)5)46-56-49(52)42-40-38-36-34-32-30-28-21-19-17-15-13-11-9-7-2/h13,15,20,22,48H,6-12,14,16-19,21,23-47H2,1-5H3/b15-13+,22-20+/t48-/m1/s1. The fourth-order valence-electron chi connectivity index (χ4n) is 6.98. The Morgan fingerprint density at radius 2 is 0.867 bits per heavy atom. The van der Waals surface area contributed by atoms with Gasteiger partial charge in [0.15, 0.2) is 6.10 Å². The summed E-state index contributed by atoms with van der Waals surface area (Å²) in [4.78, 5) is 37.7. The third kappa shape index (κ3) is 46.0. The maximum atomic E-state index is 12.7. The Hall–Kier alpha value is -1.51. The number of nitrogens with zero attached hydrogens (tertiary/aromatic N) is 1. The number of likely N-dealkylation sites (N-methyl/N-ethyl adjacent to an activating group) is 1. The molecule has 0 aromatic rings. The minimum Gasteiger partial charge on any atom is -0.756 e. The molecule has 9 nitrogen and oxygen atoms in total. The molecule has 0 fully saturated rings. The van der Waals surface area contributed by atoms with Gasteiger partial charge in [0.25, 0.3) is 7.82 Å². The van der Waals surface area contributed by atoms with Crippen molar-refractivity contribution in [3.05, 3.63) is 24.3 Å². The predicted molar refractivity (Wildman–Crippen MR) is 250 cm³/mol. The summed E-state index contributed by atoms with van der Waals surface area (Å²) in [5.41, 5.74) is 0. The van der Waals surface area contributed by atoms with Gasteiger partial charge < -0.3 is 27.9 Å². The number of carbonyl (C=O) groups is 2.